The average Bonchev–Trinajstić information content (AvgIpc) is 3.24. The lowest BCUT2D eigenvalue weighted by Gasteiger charge is -2.32. The van der Waals surface area contributed by atoms with E-state index in [1.165, 1.54) is 18.0 Å². The van der Waals surface area contributed by atoms with E-state index in [4.69, 9.17) is 5.26 Å². The van der Waals surface area contributed by atoms with Crippen molar-refractivity contribution in [3.8, 4) is 6.07 Å². The van der Waals surface area contributed by atoms with Crippen LogP contribution in [0.15, 0.2) is 18.2 Å². The SMILES string of the molecule is N#Cc1ccc(N2C[C@H]3[C@H]4CC[C@H](C4)[C@@]3(C(=O)O)S2)cc1C(F)(F)F. The van der Waals surface area contributed by atoms with Gasteiger partial charge in [-0.15, -0.1) is 0 Å². The Balaban J connectivity index is 1.71. The first-order valence-electron chi connectivity index (χ1n) is 8.08. The zero-order valence-electron chi connectivity index (χ0n) is 13.1. The minimum absolute atomic E-state index is 0.0428. The third-order valence-corrected chi connectivity index (χ3v) is 7.57. The Morgan fingerprint density at radius 3 is 2.76 bits per heavy atom. The van der Waals surface area contributed by atoms with Crippen molar-refractivity contribution in [2.75, 3.05) is 10.8 Å². The third kappa shape index (κ3) is 2.25. The summed E-state index contributed by atoms with van der Waals surface area (Å²) in [6, 6.07) is 5.17. The summed E-state index contributed by atoms with van der Waals surface area (Å²) in [6.07, 6.45) is -1.85. The van der Waals surface area contributed by atoms with Crippen LogP contribution in [0.5, 0.6) is 0 Å². The van der Waals surface area contributed by atoms with Crippen molar-refractivity contribution in [2.45, 2.75) is 30.2 Å². The standard InChI is InChI=1S/C17H15F3N2O2S/c18-17(19,20)13-6-12(4-2-10(13)7-21)22-8-14-9-1-3-11(5-9)16(14,25-22)15(23)24/h2,4,6,9,11,14H,1,3,5,8H2,(H,23,24)/t9-,11+,14-,16+/m0/s1. The second-order valence-electron chi connectivity index (χ2n) is 6.97. The number of nitriles is 1. The summed E-state index contributed by atoms with van der Waals surface area (Å²) in [7, 11) is 0. The Labute approximate surface area is 146 Å². The lowest BCUT2D eigenvalue weighted by Crippen LogP contribution is -2.45. The molecule has 0 amide bonds. The number of nitrogens with zero attached hydrogens (tertiary/aromatic N) is 2. The number of carboxylic acid groups (broad SMARTS) is 1. The van der Waals surface area contributed by atoms with E-state index in [0.29, 0.717) is 18.2 Å². The summed E-state index contributed by atoms with van der Waals surface area (Å²) >= 11 is 1.17. The molecule has 2 bridgehead atoms. The average molecular weight is 368 g/mol. The molecule has 0 aromatic heterocycles. The number of aliphatic carboxylic acids is 1. The van der Waals surface area contributed by atoms with E-state index in [2.05, 4.69) is 0 Å². The monoisotopic (exact) mass is 368 g/mol. The van der Waals surface area contributed by atoms with Gasteiger partial charge in [-0.05, 0) is 61.2 Å². The maximum atomic E-state index is 13.2. The number of hydrogen-bond acceptors (Lipinski definition) is 4. The van der Waals surface area contributed by atoms with Gasteiger partial charge >= 0.3 is 12.1 Å². The maximum absolute atomic E-state index is 13.2. The van der Waals surface area contributed by atoms with Crippen molar-refractivity contribution in [3.05, 3.63) is 29.3 Å². The topological polar surface area (TPSA) is 64.3 Å². The zero-order valence-corrected chi connectivity index (χ0v) is 13.9. The van der Waals surface area contributed by atoms with E-state index in [0.717, 1.165) is 31.4 Å². The lowest BCUT2D eigenvalue weighted by atomic mass is 9.78. The first-order valence-corrected chi connectivity index (χ1v) is 8.86. The molecule has 25 heavy (non-hydrogen) atoms. The number of fused-ring (bicyclic) bond motifs is 5. The molecule has 2 aliphatic carbocycles. The molecule has 0 radical (unpaired) electrons. The van der Waals surface area contributed by atoms with E-state index in [1.807, 2.05) is 0 Å². The molecule has 4 nitrogen and oxygen atoms in total. The van der Waals surface area contributed by atoms with Crippen LogP contribution in [0, 0.1) is 29.1 Å². The molecular formula is C17H15F3N2O2S. The van der Waals surface area contributed by atoms with Gasteiger partial charge in [-0.1, -0.05) is 0 Å². The number of alkyl halides is 3. The molecule has 132 valence electrons. The van der Waals surface area contributed by atoms with Crippen molar-refractivity contribution in [1.82, 2.24) is 0 Å². The minimum atomic E-state index is -4.62. The van der Waals surface area contributed by atoms with Gasteiger partial charge in [0, 0.05) is 18.2 Å². The first-order chi connectivity index (χ1) is 11.8. The normalized spacial score (nSPS) is 33.4. The number of carbonyl (C=O) groups is 1. The van der Waals surface area contributed by atoms with Crippen molar-refractivity contribution < 1.29 is 23.1 Å². The highest BCUT2D eigenvalue weighted by Crippen LogP contribution is 2.65. The molecule has 2 saturated carbocycles. The fraction of sp³-hybridized carbons (Fsp3) is 0.529. The van der Waals surface area contributed by atoms with Gasteiger partial charge < -0.3 is 9.41 Å². The smallest absolute Gasteiger partial charge is 0.417 e. The molecule has 0 unspecified atom stereocenters. The fourth-order valence-corrected chi connectivity index (χ4v) is 6.46. The molecule has 0 spiro atoms. The van der Waals surface area contributed by atoms with Crippen molar-refractivity contribution in [2.24, 2.45) is 17.8 Å². The number of rotatable bonds is 2. The van der Waals surface area contributed by atoms with Crippen LogP contribution < -0.4 is 4.31 Å². The number of hydrogen-bond donors (Lipinski definition) is 1. The highest BCUT2D eigenvalue weighted by Gasteiger charge is 2.67. The second kappa shape index (κ2) is 5.31. The number of carboxylic acids is 1. The van der Waals surface area contributed by atoms with Crippen LogP contribution in [0.1, 0.15) is 30.4 Å². The first kappa shape index (κ1) is 16.6. The predicted octanol–water partition coefficient (Wildman–Crippen LogP) is 3.91. The Kier molecular flexibility index (Phi) is 3.52. The fourth-order valence-electron chi connectivity index (χ4n) is 4.80. The second-order valence-corrected chi connectivity index (χ2v) is 8.27. The molecule has 4 rings (SSSR count). The molecule has 1 saturated heterocycles. The molecule has 1 aliphatic heterocycles. The molecule has 1 N–H and O–H groups in total. The molecule has 8 heteroatoms. The van der Waals surface area contributed by atoms with Crippen molar-refractivity contribution in [1.29, 1.82) is 5.26 Å². The number of benzene rings is 1. The van der Waals surface area contributed by atoms with Gasteiger partial charge in [-0.25, -0.2) is 0 Å². The largest absolute Gasteiger partial charge is 0.480 e. The van der Waals surface area contributed by atoms with Crippen LogP contribution in [-0.4, -0.2) is 22.4 Å². The van der Waals surface area contributed by atoms with Gasteiger partial charge in [0.15, 0.2) is 0 Å². The minimum Gasteiger partial charge on any atom is -0.480 e. The third-order valence-electron chi connectivity index (χ3n) is 5.87. The Morgan fingerprint density at radius 2 is 2.16 bits per heavy atom. The molecule has 3 fully saturated rings. The van der Waals surface area contributed by atoms with Gasteiger partial charge in [0.1, 0.15) is 4.75 Å². The van der Waals surface area contributed by atoms with E-state index < -0.39 is 28.0 Å². The Hall–Kier alpha value is -1.88. The van der Waals surface area contributed by atoms with Gasteiger partial charge in [0.25, 0.3) is 0 Å². The zero-order chi connectivity index (χ0) is 18.0. The van der Waals surface area contributed by atoms with E-state index in [-0.39, 0.29) is 11.8 Å². The van der Waals surface area contributed by atoms with E-state index in [9.17, 15) is 23.1 Å². The van der Waals surface area contributed by atoms with Crippen LogP contribution in [0.3, 0.4) is 0 Å². The Morgan fingerprint density at radius 1 is 1.40 bits per heavy atom. The van der Waals surface area contributed by atoms with Gasteiger partial charge in [-0.2, -0.15) is 18.4 Å². The van der Waals surface area contributed by atoms with Crippen LogP contribution in [-0.2, 0) is 11.0 Å². The summed E-state index contributed by atoms with van der Waals surface area (Å²) in [5.74, 6) is -0.491. The number of halogens is 3. The Bertz CT molecular complexity index is 791. The maximum Gasteiger partial charge on any atom is 0.417 e. The summed E-state index contributed by atoms with van der Waals surface area (Å²) in [6.45, 7) is 0.432. The number of anilines is 1. The predicted molar refractivity (Wildman–Crippen MR) is 85.8 cm³/mol. The van der Waals surface area contributed by atoms with Crippen LogP contribution >= 0.6 is 11.9 Å². The summed E-state index contributed by atoms with van der Waals surface area (Å²) < 4.78 is 40.4. The van der Waals surface area contributed by atoms with Gasteiger partial charge in [0.05, 0.1) is 17.2 Å². The highest BCUT2D eigenvalue weighted by atomic mass is 32.2. The molecule has 1 heterocycles. The van der Waals surface area contributed by atoms with Crippen molar-refractivity contribution >= 4 is 23.6 Å². The van der Waals surface area contributed by atoms with Crippen LogP contribution in [0.25, 0.3) is 0 Å². The molecule has 1 aromatic carbocycles. The summed E-state index contributed by atoms with van der Waals surface area (Å²) in [5.41, 5.74) is -1.09. The van der Waals surface area contributed by atoms with E-state index in [1.54, 1.807) is 10.4 Å². The molecular weight excluding hydrogens is 353 g/mol. The van der Waals surface area contributed by atoms with Gasteiger partial charge in [0.2, 0.25) is 0 Å². The highest BCUT2D eigenvalue weighted by molar-refractivity contribution is 8.03. The summed E-state index contributed by atoms with van der Waals surface area (Å²) in [5, 5.41) is 18.8. The quantitative estimate of drug-likeness (QED) is 0.802. The molecule has 4 atom stereocenters. The van der Waals surface area contributed by atoms with Gasteiger partial charge in [-0.3, -0.25) is 4.79 Å². The molecule has 3 aliphatic rings. The van der Waals surface area contributed by atoms with Crippen LogP contribution in [0.2, 0.25) is 0 Å². The van der Waals surface area contributed by atoms with Crippen LogP contribution in [0.4, 0.5) is 18.9 Å². The molecule has 1 aromatic rings. The lowest BCUT2D eigenvalue weighted by molar-refractivity contribution is -0.142. The summed E-state index contributed by atoms with van der Waals surface area (Å²) in [4.78, 5) is 12.0. The van der Waals surface area contributed by atoms with E-state index >= 15 is 0 Å². The van der Waals surface area contributed by atoms with Crippen molar-refractivity contribution in [3.63, 3.8) is 0 Å².